The molecule has 0 bridgehead atoms. The van der Waals surface area contributed by atoms with Gasteiger partial charge in [0.05, 0.1) is 0 Å². The van der Waals surface area contributed by atoms with Crippen LogP contribution in [0.5, 0.6) is 0 Å². The third-order valence-corrected chi connectivity index (χ3v) is 11.8. The minimum absolute atomic E-state index is 0.645. The molecule has 11 rings (SSSR count). The number of nitrogens with zero attached hydrogens (tertiary/aromatic N) is 3. The molecular formula is C51H31N3S. The Morgan fingerprint density at radius 1 is 0.236 bits per heavy atom. The van der Waals surface area contributed by atoms with Gasteiger partial charge >= 0.3 is 0 Å². The fourth-order valence-corrected chi connectivity index (χ4v) is 9.16. The van der Waals surface area contributed by atoms with Gasteiger partial charge in [-0.3, -0.25) is 0 Å². The minimum atomic E-state index is 0.645. The van der Waals surface area contributed by atoms with Gasteiger partial charge in [0.15, 0.2) is 17.5 Å². The van der Waals surface area contributed by atoms with Gasteiger partial charge in [0.2, 0.25) is 0 Å². The van der Waals surface area contributed by atoms with Crippen molar-refractivity contribution in [3.05, 3.63) is 188 Å². The van der Waals surface area contributed by atoms with E-state index < -0.39 is 0 Å². The molecule has 55 heavy (non-hydrogen) atoms. The molecule has 2 heterocycles. The third kappa shape index (κ3) is 5.46. The van der Waals surface area contributed by atoms with Crippen molar-refractivity contribution in [2.75, 3.05) is 0 Å². The van der Waals surface area contributed by atoms with Crippen LogP contribution in [0.3, 0.4) is 0 Å². The zero-order valence-electron chi connectivity index (χ0n) is 29.6. The smallest absolute Gasteiger partial charge is 0.164 e. The predicted octanol–water partition coefficient (Wildman–Crippen LogP) is 14.0. The normalized spacial score (nSPS) is 11.6. The van der Waals surface area contributed by atoms with Crippen LogP contribution in [0.4, 0.5) is 0 Å². The maximum atomic E-state index is 5.12. The van der Waals surface area contributed by atoms with Crippen molar-refractivity contribution in [2.45, 2.75) is 0 Å². The third-order valence-electron chi connectivity index (χ3n) is 10.7. The monoisotopic (exact) mass is 717 g/mol. The Morgan fingerprint density at radius 3 is 1.29 bits per heavy atom. The SMILES string of the molecule is c1ccc(-c2nc(-c3cccc(-c4cccc(-c5ccc6c7ccccc7c7ccccc7c6c5)c4)c3)nc(-c3ccc4c(c3)sc3ccccc34)n2)cc1. The first-order valence-corrected chi connectivity index (χ1v) is 19.3. The lowest BCUT2D eigenvalue weighted by Gasteiger charge is -2.13. The van der Waals surface area contributed by atoms with E-state index in [-0.39, 0.29) is 0 Å². The standard InChI is InChI=1S/C51H31N3S/c1-2-12-32(13-3-1)49-52-50(54-51(53-49)38-25-27-45-44-22-8-9-23-47(44)55-48(45)31-38)37-17-11-16-35(29-37)33-14-10-15-34(28-33)36-24-26-43-41-20-5-4-18-39(41)40-19-6-7-21-42(40)46(43)30-36/h1-31H. The van der Waals surface area contributed by atoms with Gasteiger partial charge in [-0.1, -0.05) is 158 Å². The average Bonchev–Trinajstić information content (AvgIpc) is 3.65. The lowest BCUT2D eigenvalue weighted by molar-refractivity contribution is 1.07. The summed E-state index contributed by atoms with van der Waals surface area (Å²) in [5, 5.41) is 10.2. The molecule has 0 amide bonds. The minimum Gasteiger partial charge on any atom is -0.208 e. The first-order chi connectivity index (χ1) is 27.2. The summed E-state index contributed by atoms with van der Waals surface area (Å²) in [6, 6.07) is 67.0. The first kappa shape index (κ1) is 31.5. The van der Waals surface area contributed by atoms with E-state index in [1.165, 1.54) is 63.6 Å². The second-order valence-corrected chi connectivity index (χ2v) is 15.1. The molecule has 2 aromatic heterocycles. The van der Waals surface area contributed by atoms with Crippen molar-refractivity contribution in [2.24, 2.45) is 0 Å². The van der Waals surface area contributed by atoms with Crippen molar-refractivity contribution >= 4 is 63.8 Å². The van der Waals surface area contributed by atoms with Crippen LogP contribution in [0, 0.1) is 0 Å². The molecule has 0 aliphatic heterocycles. The molecule has 0 aliphatic rings. The van der Waals surface area contributed by atoms with Crippen molar-refractivity contribution in [3.63, 3.8) is 0 Å². The van der Waals surface area contributed by atoms with E-state index in [1.54, 1.807) is 11.3 Å². The Bertz CT molecular complexity index is 3240. The van der Waals surface area contributed by atoms with Crippen LogP contribution in [0.25, 0.3) is 109 Å². The summed E-state index contributed by atoms with van der Waals surface area (Å²) in [4.78, 5) is 15.2. The van der Waals surface area contributed by atoms with Gasteiger partial charge in [0, 0.05) is 36.9 Å². The summed E-state index contributed by atoms with van der Waals surface area (Å²) in [6.45, 7) is 0. The fraction of sp³-hybridized carbons (Fsp3) is 0. The second-order valence-electron chi connectivity index (χ2n) is 14.0. The van der Waals surface area contributed by atoms with Gasteiger partial charge in [-0.25, -0.2) is 15.0 Å². The number of fused-ring (bicyclic) bond motifs is 9. The number of aromatic nitrogens is 3. The number of benzene rings is 9. The molecular weight excluding hydrogens is 687 g/mol. The molecule has 0 aliphatic carbocycles. The maximum Gasteiger partial charge on any atom is 0.164 e. The molecule has 3 nitrogen and oxygen atoms in total. The molecule has 0 N–H and O–H groups in total. The Hall–Kier alpha value is -7.01. The molecule has 0 atom stereocenters. The van der Waals surface area contributed by atoms with E-state index in [0.717, 1.165) is 27.8 Å². The van der Waals surface area contributed by atoms with Gasteiger partial charge in [0.1, 0.15) is 0 Å². The number of rotatable bonds is 5. The largest absolute Gasteiger partial charge is 0.208 e. The average molecular weight is 718 g/mol. The highest BCUT2D eigenvalue weighted by molar-refractivity contribution is 7.25. The summed E-state index contributed by atoms with van der Waals surface area (Å²) >= 11 is 1.80. The Balaban J connectivity index is 1.01. The molecule has 9 aromatic carbocycles. The highest BCUT2D eigenvalue weighted by Crippen LogP contribution is 2.39. The second kappa shape index (κ2) is 12.8. The van der Waals surface area contributed by atoms with E-state index in [9.17, 15) is 0 Å². The van der Waals surface area contributed by atoms with Crippen molar-refractivity contribution in [3.8, 4) is 56.4 Å². The zero-order chi connectivity index (χ0) is 36.3. The van der Waals surface area contributed by atoms with Crippen LogP contribution in [0.1, 0.15) is 0 Å². The fourth-order valence-electron chi connectivity index (χ4n) is 8.02. The number of hydrogen-bond donors (Lipinski definition) is 0. The van der Waals surface area contributed by atoms with E-state index >= 15 is 0 Å². The molecule has 0 fully saturated rings. The van der Waals surface area contributed by atoms with E-state index in [1.807, 2.05) is 18.2 Å². The molecule has 0 unspecified atom stereocenters. The number of thiophene rings is 1. The van der Waals surface area contributed by atoms with Crippen LogP contribution in [0.15, 0.2) is 188 Å². The predicted molar refractivity (Wildman–Crippen MR) is 232 cm³/mol. The van der Waals surface area contributed by atoms with Gasteiger partial charge in [-0.2, -0.15) is 0 Å². The molecule has 0 radical (unpaired) electrons. The quantitative estimate of drug-likeness (QED) is 0.166. The molecule has 0 saturated heterocycles. The van der Waals surface area contributed by atoms with Crippen molar-refractivity contribution in [1.29, 1.82) is 0 Å². The number of hydrogen-bond acceptors (Lipinski definition) is 4. The van der Waals surface area contributed by atoms with Gasteiger partial charge in [-0.15, -0.1) is 11.3 Å². The van der Waals surface area contributed by atoms with Crippen molar-refractivity contribution < 1.29 is 0 Å². The van der Waals surface area contributed by atoms with Crippen LogP contribution in [0.2, 0.25) is 0 Å². The highest BCUT2D eigenvalue weighted by atomic mass is 32.1. The van der Waals surface area contributed by atoms with Crippen LogP contribution in [-0.4, -0.2) is 15.0 Å². The molecule has 0 saturated carbocycles. The molecule has 4 heteroatoms. The Morgan fingerprint density at radius 2 is 0.636 bits per heavy atom. The van der Waals surface area contributed by atoms with E-state index in [0.29, 0.717) is 17.5 Å². The van der Waals surface area contributed by atoms with Crippen LogP contribution < -0.4 is 0 Å². The van der Waals surface area contributed by atoms with Crippen LogP contribution >= 0.6 is 11.3 Å². The Kier molecular flexibility index (Phi) is 7.35. The highest BCUT2D eigenvalue weighted by Gasteiger charge is 2.15. The van der Waals surface area contributed by atoms with Crippen molar-refractivity contribution in [1.82, 2.24) is 15.0 Å². The van der Waals surface area contributed by atoms with Gasteiger partial charge in [0.25, 0.3) is 0 Å². The summed E-state index contributed by atoms with van der Waals surface area (Å²) in [5.41, 5.74) is 7.47. The van der Waals surface area contributed by atoms with E-state index in [4.69, 9.17) is 15.0 Å². The maximum absolute atomic E-state index is 5.12. The zero-order valence-corrected chi connectivity index (χ0v) is 30.5. The first-order valence-electron chi connectivity index (χ1n) is 18.5. The summed E-state index contributed by atoms with van der Waals surface area (Å²) < 4.78 is 2.50. The molecule has 11 aromatic rings. The topological polar surface area (TPSA) is 38.7 Å². The summed E-state index contributed by atoms with van der Waals surface area (Å²) in [5.74, 6) is 1.96. The molecule has 0 spiro atoms. The van der Waals surface area contributed by atoms with E-state index in [2.05, 4.69) is 170 Å². The van der Waals surface area contributed by atoms with Gasteiger partial charge in [-0.05, 0) is 84.9 Å². The lowest BCUT2D eigenvalue weighted by atomic mass is 9.91. The molecule has 256 valence electrons. The Labute approximate surface area is 321 Å². The summed E-state index contributed by atoms with van der Waals surface area (Å²) in [7, 11) is 0. The van der Waals surface area contributed by atoms with Crippen LogP contribution in [-0.2, 0) is 0 Å². The summed E-state index contributed by atoms with van der Waals surface area (Å²) in [6.07, 6.45) is 0. The van der Waals surface area contributed by atoms with Gasteiger partial charge < -0.3 is 0 Å². The lowest BCUT2D eigenvalue weighted by Crippen LogP contribution is -2.00.